The van der Waals surface area contributed by atoms with Gasteiger partial charge >= 0.3 is 0 Å². The van der Waals surface area contributed by atoms with Crippen molar-refractivity contribution in [2.75, 3.05) is 7.11 Å². The first-order valence-corrected chi connectivity index (χ1v) is 5.31. The van der Waals surface area contributed by atoms with Crippen LogP contribution in [-0.2, 0) is 0 Å². The molecule has 1 heterocycles. The molecule has 3 nitrogen and oxygen atoms in total. The fourth-order valence-electron chi connectivity index (χ4n) is 1.68. The van der Waals surface area contributed by atoms with Crippen LogP contribution in [0.4, 0.5) is 0 Å². The lowest BCUT2D eigenvalue weighted by Crippen LogP contribution is -1.90. The van der Waals surface area contributed by atoms with Gasteiger partial charge in [-0.2, -0.15) is 0 Å². The van der Waals surface area contributed by atoms with Crippen LogP contribution in [0.2, 0.25) is 0 Å². The molecule has 0 aliphatic carbocycles. The van der Waals surface area contributed by atoms with Gasteiger partial charge in [-0.25, -0.2) is 4.98 Å². The smallest absolute Gasteiger partial charge is 0.212 e. The molecule has 17 heavy (non-hydrogen) atoms. The van der Waals surface area contributed by atoms with Crippen molar-refractivity contribution in [3.8, 4) is 17.0 Å². The van der Waals surface area contributed by atoms with E-state index in [1.165, 1.54) is 0 Å². The lowest BCUT2D eigenvalue weighted by Gasteiger charge is -2.07. The van der Waals surface area contributed by atoms with Gasteiger partial charge in [0.05, 0.1) is 7.11 Å². The van der Waals surface area contributed by atoms with Crippen molar-refractivity contribution in [1.82, 2.24) is 4.98 Å². The summed E-state index contributed by atoms with van der Waals surface area (Å²) in [5.41, 5.74) is 3.78. The molecule has 1 aromatic carbocycles. The van der Waals surface area contributed by atoms with Crippen LogP contribution in [0.5, 0.6) is 5.88 Å². The van der Waals surface area contributed by atoms with Crippen molar-refractivity contribution in [3.63, 3.8) is 0 Å². The largest absolute Gasteiger partial charge is 0.481 e. The summed E-state index contributed by atoms with van der Waals surface area (Å²) < 4.78 is 5.01. The van der Waals surface area contributed by atoms with E-state index in [2.05, 4.69) is 4.98 Å². The van der Waals surface area contributed by atoms with E-state index >= 15 is 0 Å². The van der Waals surface area contributed by atoms with Gasteiger partial charge in [0.15, 0.2) is 0 Å². The Morgan fingerprint density at radius 2 is 2.06 bits per heavy atom. The van der Waals surface area contributed by atoms with Crippen LogP contribution in [0.3, 0.4) is 0 Å². The molecule has 0 unspecified atom stereocenters. The zero-order chi connectivity index (χ0) is 12.3. The minimum atomic E-state index is 0.581. The first kappa shape index (κ1) is 11.3. The number of hydrogen-bond acceptors (Lipinski definition) is 3. The molecule has 1 aromatic heterocycles. The van der Waals surface area contributed by atoms with Crippen molar-refractivity contribution >= 4 is 6.29 Å². The molecule has 2 aromatic rings. The van der Waals surface area contributed by atoms with Crippen LogP contribution < -0.4 is 4.74 Å². The van der Waals surface area contributed by atoms with Crippen molar-refractivity contribution in [2.24, 2.45) is 0 Å². The quantitative estimate of drug-likeness (QED) is 0.757. The van der Waals surface area contributed by atoms with E-state index in [0.717, 1.165) is 23.0 Å². The Kier molecular flexibility index (Phi) is 3.19. The summed E-state index contributed by atoms with van der Waals surface area (Å²) in [7, 11) is 1.58. The van der Waals surface area contributed by atoms with E-state index in [4.69, 9.17) is 4.74 Å². The SMILES string of the molecule is COc1ccc(-c2cc(C=O)ccc2C)cn1. The third-order valence-corrected chi connectivity index (χ3v) is 2.65. The van der Waals surface area contributed by atoms with Gasteiger partial charge in [-0.1, -0.05) is 12.1 Å². The normalized spacial score (nSPS) is 10.0. The zero-order valence-electron chi connectivity index (χ0n) is 9.81. The number of pyridine rings is 1. The van der Waals surface area contributed by atoms with Gasteiger partial charge in [-0.15, -0.1) is 0 Å². The van der Waals surface area contributed by atoms with Gasteiger partial charge in [0.2, 0.25) is 5.88 Å². The van der Waals surface area contributed by atoms with Gasteiger partial charge in [0.1, 0.15) is 6.29 Å². The standard InChI is InChI=1S/C14H13NO2/c1-10-3-4-11(9-16)7-13(10)12-5-6-14(17-2)15-8-12/h3-9H,1-2H3. The molecule has 3 heteroatoms. The average Bonchev–Trinajstić information content (AvgIpc) is 2.39. The van der Waals surface area contributed by atoms with Gasteiger partial charge in [-0.3, -0.25) is 4.79 Å². The second kappa shape index (κ2) is 4.78. The Labute approximate surface area is 100 Å². The van der Waals surface area contributed by atoms with Crippen LogP contribution in [0, 0.1) is 6.92 Å². The maximum absolute atomic E-state index is 10.8. The molecule has 0 amide bonds. The maximum Gasteiger partial charge on any atom is 0.212 e. The Balaban J connectivity index is 2.47. The highest BCUT2D eigenvalue weighted by molar-refractivity contribution is 5.80. The molecular weight excluding hydrogens is 214 g/mol. The number of nitrogens with zero attached hydrogens (tertiary/aromatic N) is 1. The Morgan fingerprint density at radius 3 is 2.65 bits per heavy atom. The monoisotopic (exact) mass is 227 g/mol. The molecule has 86 valence electrons. The third-order valence-electron chi connectivity index (χ3n) is 2.65. The minimum absolute atomic E-state index is 0.581. The summed E-state index contributed by atoms with van der Waals surface area (Å²) in [4.78, 5) is 14.9. The first-order chi connectivity index (χ1) is 8.24. The molecule has 0 saturated heterocycles. The lowest BCUT2D eigenvalue weighted by molar-refractivity contribution is 0.112. The molecule has 2 rings (SSSR count). The number of ether oxygens (including phenoxy) is 1. The molecule has 0 N–H and O–H groups in total. The van der Waals surface area contributed by atoms with Crippen LogP contribution in [0.1, 0.15) is 15.9 Å². The minimum Gasteiger partial charge on any atom is -0.481 e. The average molecular weight is 227 g/mol. The summed E-state index contributed by atoms with van der Waals surface area (Å²) in [5.74, 6) is 0.581. The Morgan fingerprint density at radius 1 is 1.24 bits per heavy atom. The predicted molar refractivity (Wildman–Crippen MR) is 66.3 cm³/mol. The molecule has 0 fully saturated rings. The Hall–Kier alpha value is -2.16. The summed E-state index contributed by atoms with van der Waals surface area (Å²) in [6.45, 7) is 2.01. The van der Waals surface area contributed by atoms with Crippen molar-refractivity contribution in [3.05, 3.63) is 47.7 Å². The fraction of sp³-hybridized carbons (Fsp3) is 0.143. The van der Waals surface area contributed by atoms with Gasteiger partial charge in [0.25, 0.3) is 0 Å². The maximum atomic E-state index is 10.8. The van der Waals surface area contributed by atoms with Crippen LogP contribution in [0.25, 0.3) is 11.1 Å². The number of methoxy groups -OCH3 is 1. The number of benzene rings is 1. The van der Waals surface area contributed by atoms with E-state index in [1.807, 2.05) is 37.3 Å². The van der Waals surface area contributed by atoms with E-state index in [9.17, 15) is 4.79 Å². The second-order valence-electron chi connectivity index (χ2n) is 3.78. The van der Waals surface area contributed by atoms with Crippen LogP contribution >= 0.6 is 0 Å². The highest BCUT2D eigenvalue weighted by atomic mass is 16.5. The topological polar surface area (TPSA) is 39.2 Å². The number of carbonyl (C=O) groups is 1. The van der Waals surface area contributed by atoms with Crippen molar-refractivity contribution in [1.29, 1.82) is 0 Å². The third kappa shape index (κ3) is 2.33. The number of aromatic nitrogens is 1. The van der Waals surface area contributed by atoms with Gasteiger partial charge in [0, 0.05) is 23.4 Å². The highest BCUT2D eigenvalue weighted by Crippen LogP contribution is 2.24. The van der Waals surface area contributed by atoms with E-state index in [-0.39, 0.29) is 0 Å². The van der Waals surface area contributed by atoms with E-state index in [0.29, 0.717) is 11.4 Å². The number of aryl methyl sites for hydroxylation is 1. The zero-order valence-corrected chi connectivity index (χ0v) is 9.81. The lowest BCUT2D eigenvalue weighted by atomic mass is 10.00. The van der Waals surface area contributed by atoms with Gasteiger partial charge in [-0.05, 0) is 30.2 Å². The molecule has 0 atom stereocenters. The summed E-state index contributed by atoms with van der Waals surface area (Å²) in [6.07, 6.45) is 2.59. The molecule has 0 bridgehead atoms. The predicted octanol–water partition coefficient (Wildman–Crippen LogP) is 2.88. The molecule has 0 radical (unpaired) electrons. The Bertz CT molecular complexity index is 532. The van der Waals surface area contributed by atoms with E-state index < -0.39 is 0 Å². The highest BCUT2D eigenvalue weighted by Gasteiger charge is 2.04. The van der Waals surface area contributed by atoms with Crippen LogP contribution in [-0.4, -0.2) is 18.4 Å². The first-order valence-electron chi connectivity index (χ1n) is 5.31. The summed E-state index contributed by atoms with van der Waals surface area (Å²) in [6, 6.07) is 9.35. The summed E-state index contributed by atoms with van der Waals surface area (Å²) in [5, 5.41) is 0. The fourth-order valence-corrected chi connectivity index (χ4v) is 1.68. The molecule has 0 saturated carbocycles. The molecule has 0 aliphatic heterocycles. The van der Waals surface area contributed by atoms with Crippen molar-refractivity contribution in [2.45, 2.75) is 6.92 Å². The van der Waals surface area contributed by atoms with Crippen LogP contribution in [0.15, 0.2) is 36.5 Å². The number of rotatable bonds is 3. The molecule has 0 aliphatic rings. The van der Waals surface area contributed by atoms with E-state index in [1.54, 1.807) is 13.3 Å². The molecule has 0 spiro atoms. The number of carbonyl (C=O) groups excluding carboxylic acids is 1. The summed E-state index contributed by atoms with van der Waals surface area (Å²) >= 11 is 0. The van der Waals surface area contributed by atoms with Gasteiger partial charge < -0.3 is 4.74 Å². The van der Waals surface area contributed by atoms with Crippen molar-refractivity contribution < 1.29 is 9.53 Å². The number of hydrogen-bond donors (Lipinski definition) is 0. The second-order valence-corrected chi connectivity index (χ2v) is 3.78. The number of aldehydes is 1. The molecular formula is C14H13NO2.